The lowest BCUT2D eigenvalue weighted by molar-refractivity contribution is -0.138. The summed E-state index contributed by atoms with van der Waals surface area (Å²) >= 11 is 0. The van der Waals surface area contributed by atoms with Crippen molar-refractivity contribution in [1.82, 2.24) is 15.2 Å². The van der Waals surface area contributed by atoms with Gasteiger partial charge in [0.1, 0.15) is 11.5 Å². The van der Waals surface area contributed by atoms with Crippen LogP contribution in [0.1, 0.15) is 28.4 Å². The van der Waals surface area contributed by atoms with E-state index in [1.54, 1.807) is 11.0 Å². The molecular formula is C23H24F5N5O2. The number of carbonyl (C=O) groups excluding carboxylic acids is 1. The van der Waals surface area contributed by atoms with Crippen LogP contribution in [-0.2, 0) is 6.18 Å². The largest absolute Gasteiger partial charge is 0.417 e. The zero-order chi connectivity index (χ0) is 25.5. The van der Waals surface area contributed by atoms with Crippen molar-refractivity contribution in [1.29, 1.82) is 0 Å². The summed E-state index contributed by atoms with van der Waals surface area (Å²) in [5.74, 6) is -3.20. The molecule has 7 nitrogen and oxygen atoms in total. The number of alkyl halides is 3. The van der Waals surface area contributed by atoms with Crippen LogP contribution in [0, 0.1) is 11.6 Å². The molecule has 4 rings (SSSR count). The van der Waals surface area contributed by atoms with Crippen molar-refractivity contribution < 1.29 is 26.7 Å². The summed E-state index contributed by atoms with van der Waals surface area (Å²) in [5, 5.41) is 5.18. The summed E-state index contributed by atoms with van der Waals surface area (Å²) in [5.41, 5.74) is -3.79. The van der Waals surface area contributed by atoms with Crippen LogP contribution in [0.4, 0.5) is 33.3 Å². The SMILES string of the molecule is C[C@H]1CN(c2cc(F)c(C3=CCNC3)c(F)c2NC(=O)c2c[nH]c(=O)cc2C(F)(F)F)CCN1C. The molecule has 0 unspecified atom stereocenters. The van der Waals surface area contributed by atoms with Crippen molar-refractivity contribution in [2.24, 2.45) is 0 Å². The summed E-state index contributed by atoms with van der Waals surface area (Å²) in [6, 6.07) is 1.39. The van der Waals surface area contributed by atoms with Crippen LogP contribution in [0.25, 0.3) is 5.57 Å². The number of likely N-dealkylation sites (N-methyl/N-ethyl adjacent to an activating group) is 1. The number of amides is 1. The summed E-state index contributed by atoms with van der Waals surface area (Å²) in [7, 11) is 1.91. The zero-order valence-electron chi connectivity index (χ0n) is 19.0. The van der Waals surface area contributed by atoms with E-state index in [1.807, 2.05) is 19.0 Å². The van der Waals surface area contributed by atoms with Crippen molar-refractivity contribution in [3.63, 3.8) is 0 Å². The Morgan fingerprint density at radius 3 is 2.57 bits per heavy atom. The number of halogens is 5. The van der Waals surface area contributed by atoms with Gasteiger partial charge in [-0.1, -0.05) is 6.08 Å². The molecule has 3 N–H and O–H groups in total. The van der Waals surface area contributed by atoms with Crippen molar-refractivity contribution in [2.75, 3.05) is 50.0 Å². The Bertz CT molecular complexity index is 1240. The van der Waals surface area contributed by atoms with E-state index in [4.69, 9.17) is 0 Å². The Labute approximate surface area is 197 Å². The minimum atomic E-state index is -5.00. The van der Waals surface area contributed by atoms with Crippen LogP contribution in [0.2, 0.25) is 0 Å². The summed E-state index contributed by atoms with van der Waals surface area (Å²) in [6.45, 7) is 3.88. The first kappa shape index (κ1) is 24.9. The number of H-pyrrole nitrogens is 1. The Balaban J connectivity index is 1.82. The number of nitrogens with one attached hydrogen (secondary N) is 3. The Kier molecular flexibility index (Phi) is 6.69. The van der Waals surface area contributed by atoms with Gasteiger partial charge in [0.15, 0.2) is 5.82 Å². The van der Waals surface area contributed by atoms with Gasteiger partial charge in [0, 0.05) is 57.1 Å². The van der Waals surface area contributed by atoms with Crippen LogP contribution in [0.3, 0.4) is 0 Å². The Morgan fingerprint density at radius 2 is 1.94 bits per heavy atom. The summed E-state index contributed by atoms with van der Waals surface area (Å²) < 4.78 is 71.4. The maximum atomic E-state index is 15.8. The van der Waals surface area contributed by atoms with Crippen molar-refractivity contribution in [3.05, 3.63) is 63.1 Å². The lowest BCUT2D eigenvalue weighted by atomic mass is 10.0. The minimum absolute atomic E-state index is 0.0240. The zero-order valence-corrected chi connectivity index (χ0v) is 19.0. The number of hydrogen-bond acceptors (Lipinski definition) is 5. The third kappa shape index (κ3) is 4.94. The van der Waals surface area contributed by atoms with Gasteiger partial charge >= 0.3 is 6.18 Å². The topological polar surface area (TPSA) is 80.5 Å². The van der Waals surface area contributed by atoms with E-state index in [9.17, 15) is 22.8 Å². The van der Waals surface area contributed by atoms with E-state index in [2.05, 4.69) is 15.5 Å². The molecule has 0 saturated carbocycles. The first-order valence-corrected chi connectivity index (χ1v) is 11.0. The Hall–Kier alpha value is -3.25. The number of benzene rings is 1. The highest BCUT2D eigenvalue weighted by Crippen LogP contribution is 2.38. The molecule has 0 aliphatic carbocycles. The molecule has 0 radical (unpaired) electrons. The lowest BCUT2D eigenvalue weighted by Crippen LogP contribution is -2.50. The predicted molar refractivity (Wildman–Crippen MR) is 122 cm³/mol. The second-order valence-electron chi connectivity index (χ2n) is 8.65. The number of aromatic nitrogens is 1. The Morgan fingerprint density at radius 1 is 1.20 bits per heavy atom. The highest BCUT2D eigenvalue weighted by Gasteiger charge is 2.37. The van der Waals surface area contributed by atoms with Gasteiger partial charge < -0.3 is 25.4 Å². The number of aromatic amines is 1. The van der Waals surface area contributed by atoms with Gasteiger partial charge in [-0.05, 0) is 19.5 Å². The molecule has 0 spiro atoms. The van der Waals surface area contributed by atoms with Crippen molar-refractivity contribution in [2.45, 2.75) is 19.1 Å². The fourth-order valence-corrected chi connectivity index (χ4v) is 4.28. The average Bonchev–Trinajstić information content (AvgIpc) is 3.31. The van der Waals surface area contributed by atoms with Crippen LogP contribution in [0.15, 0.2) is 29.2 Å². The molecular weight excluding hydrogens is 473 g/mol. The van der Waals surface area contributed by atoms with Gasteiger partial charge in [0.05, 0.1) is 22.4 Å². The number of hydrogen-bond donors (Lipinski definition) is 3. The van der Waals surface area contributed by atoms with E-state index < -0.39 is 46.1 Å². The smallest absolute Gasteiger partial charge is 0.367 e. The van der Waals surface area contributed by atoms with E-state index in [1.165, 1.54) is 0 Å². The van der Waals surface area contributed by atoms with Crippen molar-refractivity contribution >= 4 is 22.9 Å². The molecule has 188 valence electrons. The molecule has 0 bridgehead atoms. The molecule has 1 aromatic heterocycles. The number of piperazine rings is 1. The number of rotatable bonds is 4. The van der Waals surface area contributed by atoms with Crippen LogP contribution in [-0.4, -0.2) is 61.6 Å². The minimum Gasteiger partial charge on any atom is -0.367 e. The molecule has 1 amide bonds. The second kappa shape index (κ2) is 9.42. The van der Waals surface area contributed by atoms with E-state index in [0.29, 0.717) is 37.9 Å². The molecule has 2 aromatic rings. The molecule has 2 aliphatic heterocycles. The lowest BCUT2D eigenvalue weighted by Gasteiger charge is -2.40. The van der Waals surface area contributed by atoms with Gasteiger partial charge in [0.2, 0.25) is 5.56 Å². The van der Waals surface area contributed by atoms with Gasteiger partial charge in [-0.2, -0.15) is 13.2 Å². The van der Waals surface area contributed by atoms with E-state index >= 15 is 8.78 Å². The van der Waals surface area contributed by atoms with Gasteiger partial charge in [-0.25, -0.2) is 8.78 Å². The van der Waals surface area contributed by atoms with Gasteiger partial charge in [0.25, 0.3) is 5.91 Å². The third-order valence-corrected chi connectivity index (χ3v) is 6.34. The molecule has 12 heteroatoms. The fraction of sp³-hybridized carbons (Fsp3) is 0.391. The summed E-state index contributed by atoms with van der Waals surface area (Å²) in [6.07, 6.45) is -2.76. The standard InChI is InChI=1S/C23H24F5N5O2/c1-12-11-33(6-5-32(12)2)17-8-16(24)19(13-3-4-29-9-13)20(25)21(17)31-22(35)14-10-30-18(34)7-15(14)23(26,27)28/h3,7-8,10,12,29H,4-6,9,11H2,1-2H3,(H,30,34)(H,31,35)/t12-/m0/s1. The van der Waals surface area contributed by atoms with E-state index in [0.717, 1.165) is 6.07 Å². The van der Waals surface area contributed by atoms with E-state index in [-0.39, 0.29) is 29.9 Å². The normalized spacial score (nSPS) is 19.1. The molecule has 1 fully saturated rings. The number of carbonyl (C=O) groups is 1. The molecule has 1 saturated heterocycles. The fourth-order valence-electron chi connectivity index (χ4n) is 4.28. The van der Waals surface area contributed by atoms with Gasteiger partial charge in [-0.15, -0.1) is 0 Å². The predicted octanol–water partition coefficient (Wildman–Crippen LogP) is 3.05. The number of pyridine rings is 1. The highest BCUT2D eigenvalue weighted by atomic mass is 19.4. The molecule has 1 atom stereocenters. The molecule has 2 aliphatic rings. The third-order valence-electron chi connectivity index (χ3n) is 6.34. The monoisotopic (exact) mass is 497 g/mol. The quantitative estimate of drug-likeness (QED) is 0.566. The summed E-state index contributed by atoms with van der Waals surface area (Å²) in [4.78, 5) is 30.2. The maximum Gasteiger partial charge on any atom is 0.417 e. The molecule has 3 heterocycles. The average molecular weight is 497 g/mol. The first-order valence-electron chi connectivity index (χ1n) is 11.0. The highest BCUT2D eigenvalue weighted by molar-refractivity contribution is 6.07. The van der Waals surface area contributed by atoms with Crippen LogP contribution >= 0.6 is 0 Å². The van der Waals surface area contributed by atoms with Crippen LogP contribution in [0.5, 0.6) is 0 Å². The number of anilines is 2. The van der Waals surface area contributed by atoms with Gasteiger partial charge in [-0.3, -0.25) is 9.59 Å². The maximum absolute atomic E-state index is 15.8. The first-order chi connectivity index (χ1) is 16.5. The molecule has 35 heavy (non-hydrogen) atoms. The van der Waals surface area contributed by atoms with Crippen molar-refractivity contribution in [3.8, 4) is 0 Å². The molecule has 1 aromatic carbocycles. The second-order valence-corrected chi connectivity index (χ2v) is 8.65. The van der Waals surface area contributed by atoms with Crippen LogP contribution < -0.4 is 21.1 Å². The number of nitrogens with zero attached hydrogens (tertiary/aromatic N) is 2.